The highest BCUT2D eigenvalue weighted by molar-refractivity contribution is 7.12. The van der Waals surface area contributed by atoms with Crippen LogP contribution in [-0.4, -0.2) is 5.11 Å². The van der Waals surface area contributed by atoms with E-state index in [0.29, 0.717) is 12.1 Å². The van der Waals surface area contributed by atoms with Crippen molar-refractivity contribution in [1.82, 2.24) is 5.32 Å². The molecule has 0 atom stereocenters. The Morgan fingerprint density at radius 3 is 2.52 bits per heavy atom. The molecule has 0 saturated heterocycles. The molecule has 0 aliphatic carbocycles. The number of nitrogens with one attached hydrogen (secondary N) is 1. The summed E-state index contributed by atoms with van der Waals surface area (Å²) >= 11 is 1.82. The molecule has 21 heavy (non-hydrogen) atoms. The van der Waals surface area contributed by atoms with Crippen LogP contribution in [0.5, 0.6) is 0 Å². The second-order valence-corrected chi connectivity index (χ2v) is 7.37. The molecule has 0 radical (unpaired) electrons. The standard InChI is InChI=1S/C17H22FNOS/c1-17(2,3)16-7-5-14(21-16)10-19-9-12-4-6-15(18)13(8-12)11-20/h4-8,19-20H,9-11H2,1-3H3. The second kappa shape index (κ2) is 6.69. The van der Waals surface area contributed by atoms with Crippen molar-refractivity contribution in [1.29, 1.82) is 0 Å². The quantitative estimate of drug-likeness (QED) is 0.876. The van der Waals surface area contributed by atoms with E-state index in [1.807, 2.05) is 11.3 Å². The predicted molar refractivity (Wildman–Crippen MR) is 85.9 cm³/mol. The summed E-state index contributed by atoms with van der Waals surface area (Å²) in [5, 5.41) is 12.4. The van der Waals surface area contributed by atoms with Gasteiger partial charge in [0.05, 0.1) is 6.61 Å². The van der Waals surface area contributed by atoms with E-state index >= 15 is 0 Å². The van der Waals surface area contributed by atoms with Crippen molar-refractivity contribution in [2.75, 3.05) is 0 Å². The lowest BCUT2D eigenvalue weighted by Gasteiger charge is -2.15. The highest BCUT2D eigenvalue weighted by Crippen LogP contribution is 2.29. The van der Waals surface area contributed by atoms with Gasteiger partial charge >= 0.3 is 0 Å². The van der Waals surface area contributed by atoms with Crippen LogP contribution in [0.2, 0.25) is 0 Å². The van der Waals surface area contributed by atoms with Crippen molar-refractivity contribution in [2.24, 2.45) is 0 Å². The van der Waals surface area contributed by atoms with Gasteiger partial charge in [0, 0.05) is 28.4 Å². The van der Waals surface area contributed by atoms with Gasteiger partial charge in [0.1, 0.15) is 5.82 Å². The molecule has 1 aromatic heterocycles. The van der Waals surface area contributed by atoms with Crippen molar-refractivity contribution in [3.8, 4) is 0 Å². The number of halogens is 1. The Bertz CT molecular complexity index is 601. The van der Waals surface area contributed by atoms with Gasteiger partial charge in [0.2, 0.25) is 0 Å². The molecular formula is C17H22FNOS. The van der Waals surface area contributed by atoms with Crippen LogP contribution in [0.4, 0.5) is 4.39 Å². The zero-order chi connectivity index (χ0) is 15.5. The normalized spacial score (nSPS) is 11.9. The molecule has 0 bridgehead atoms. The fourth-order valence-electron chi connectivity index (χ4n) is 2.07. The Labute approximate surface area is 129 Å². The van der Waals surface area contributed by atoms with E-state index in [1.54, 1.807) is 12.1 Å². The lowest BCUT2D eigenvalue weighted by molar-refractivity contribution is 0.275. The number of benzene rings is 1. The van der Waals surface area contributed by atoms with E-state index in [0.717, 1.165) is 12.1 Å². The van der Waals surface area contributed by atoms with Crippen LogP contribution >= 0.6 is 11.3 Å². The van der Waals surface area contributed by atoms with Gasteiger partial charge in [-0.2, -0.15) is 0 Å². The minimum absolute atomic E-state index is 0.190. The number of aliphatic hydroxyl groups is 1. The van der Waals surface area contributed by atoms with E-state index in [1.165, 1.54) is 15.8 Å². The highest BCUT2D eigenvalue weighted by atomic mass is 32.1. The molecule has 2 rings (SSSR count). The lowest BCUT2D eigenvalue weighted by Crippen LogP contribution is -2.12. The van der Waals surface area contributed by atoms with Gasteiger partial charge in [-0.15, -0.1) is 11.3 Å². The number of hydrogen-bond acceptors (Lipinski definition) is 3. The molecule has 4 heteroatoms. The van der Waals surface area contributed by atoms with Crippen LogP contribution in [0.1, 0.15) is 41.7 Å². The van der Waals surface area contributed by atoms with E-state index < -0.39 is 0 Å². The Balaban J connectivity index is 1.91. The summed E-state index contributed by atoms with van der Waals surface area (Å²) in [4.78, 5) is 2.67. The summed E-state index contributed by atoms with van der Waals surface area (Å²) in [6.07, 6.45) is 0. The Kier molecular flexibility index (Phi) is 5.14. The van der Waals surface area contributed by atoms with Crippen molar-refractivity contribution < 1.29 is 9.50 Å². The molecule has 0 aliphatic rings. The van der Waals surface area contributed by atoms with Crippen molar-refractivity contribution >= 4 is 11.3 Å². The fourth-order valence-corrected chi connectivity index (χ4v) is 3.10. The number of thiophene rings is 1. The average Bonchev–Trinajstić information content (AvgIpc) is 2.89. The maximum absolute atomic E-state index is 13.3. The maximum Gasteiger partial charge on any atom is 0.128 e. The predicted octanol–water partition coefficient (Wildman–Crippen LogP) is 3.97. The third-order valence-electron chi connectivity index (χ3n) is 3.31. The minimum Gasteiger partial charge on any atom is -0.392 e. The van der Waals surface area contributed by atoms with Crippen LogP contribution < -0.4 is 5.32 Å². The van der Waals surface area contributed by atoms with Crippen molar-refractivity contribution in [3.63, 3.8) is 0 Å². The third kappa shape index (κ3) is 4.37. The molecule has 2 nitrogen and oxygen atoms in total. The van der Waals surface area contributed by atoms with Gasteiger partial charge in [0.15, 0.2) is 0 Å². The van der Waals surface area contributed by atoms with Gasteiger partial charge in [-0.25, -0.2) is 4.39 Å². The monoisotopic (exact) mass is 307 g/mol. The summed E-state index contributed by atoms with van der Waals surface area (Å²) in [5.41, 5.74) is 1.52. The summed E-state index contributed by atoms with van der Waals surface area (Å²) in [6, 6.07) is 9.20. The first kappa shape index (κ1) is 16.1. The average molecular weight is 307 g/mol. The molecule has 1 heterocycles. The molecule has 0 saturated carbocycles. The molecule has 2 N–H and O–H groups in total. The summed E-state index contributed by atoms with van der Waals surface area (Å²) in [6.45, 7) is 7.84. The van der Waals surface area contributed by atoms with Crippen LogP contribution in [0.25, 0.3) is 0 Å². The van der Waals surface area contributed by atoms with Gasteiger partial charge in [0.25, 0.3) is 0 Å². The van der Waals surface area contributed by atoms with Crippen LogP contribution in [-0.2, 0) is 25.1 Å². The summed E-state index contributed by atoms with van der Waals surface area (Å²) in [7, 11) is 0. The van der Waals surface area contributed by atoms with Crippen LogP contribution in [0, 0.1) is 5.82 Å². The highest BCUT2D eigenvalue weighted by Gasteiger charge is 2.15. The zero-order valence-electron chi connectivity index (χ0n) is 12.7. The van der Waals surface area contributed by atoms with Gasteiger partial charge in [-0.1, -0.05) is 26.8 Å². The van der Waals surface area contributed by atoms with E-state index in [2.05, 4.69) is 38.2 Å². The molecule has 0 amide bonds. The zero-order valence-corrected chi connectivity index (χ0v) is 13.6. The molecule has 2 aromatic rings. The van der Waals surface area contributed by atoms with Crippen molar-refractivity contribution in [2.45, 2.75) is 45.9 Å². The second-order valence-electron chi connectivity index (χ2n) is 6.20. The van der Waals surface area contributed by atoms with Crippen LogP contribution in [0.3, 0.4) is 0 Å². The first-order chi connectivity index (χ1) is 9.90. The Morgan fingerprint density at radius 2 is 1.90 bits per heavy atom. The minimum atomic E-state index is -0.352. The molecule has 114 valence electrons. The summed E-state index contributed by atoms with van der Waals surface area (Å²) in [5.74, 6) is -0.352. The van der Waals surface area contributed by atoms with E-state index in [9.17, 15) is 4.39 Å². The topological polar surface area (TPSA) is 32.3 Å². The smallest absolute Gasteiger partial charge is 0.128 e. The first-order valence-corrected chi connectivity index (χ1v) is 7.90. The summed E-state index contributed by atoms with van der Waals surface area (Å²) < 4.78 is 13.3. The maximum atomic E-state index is 13.3. The number of aliphatic hydroxyl groups excluding tert-OH is 1. The molecule has 1 aromatic carbocycles. The molecule has 0 aliphatic heterocycles. The SMILES string of the molecule is CC(C)(C)c1ccc(CNCc2ccc(F)c(CO)c2)s1. The lowest BCUT2D eigenvalue weighted by atomic mass is 9.95. The van der Waals surface area contributed by atoms with Crippen molar-refractivity contribution in [3.05, 3.63) is 57.0 Å². The Hall–Kier alpha value is -1.23. The third-order valence-corrected chi connectivity index (χ3v) is 4.82. The number of hydrogen-bond donors (Lipinski definition) is 2. The van der Waals surface area contributed by atoms with E-state index in [4.69, 9.17) is 5.11 Å². The fraction of sp³-hybridized carbons (Fsp3) is 0.412. The van der Waals surface area contributed by atoms with Gasteiger partial charge < -0.3 is 10.4 Å². The molecule has 0 spiro atoms. The molecule has 0 fully saturated rings. The Morgan fingerprint density at radius 1 is 1.14 bits per heavy atom. The van der Waals surface area contributed by atoms with Gasteiger partial charge in [-0.05, 0) is 35.2 Å². The van der Waals surface area contributed by atoms with E-state index in [-0.39, 0.29) is 17.8 Å². The number of rotatable bonds is 5. The molecular weight excluding hydrogens is 285 g/mol. The van der Waals surface area contributed by atoms with Crippen LogP contribution in [0.15, 0.2) is 30.3 Å². The molecule has 0 unspecified atom stereocenters. The van der Waals surface area contributed by atoms with Gasteiger partial charge in [-0.3, -0.25) is 0 Å². The largest absolute Gasteiger partial charge is 0.392 e. The first-order valence-electron chi connectivity index (χ1n) is 7.08.